The first kappa shape index (κ1) is 16.0. The summed E-state index contributed by atoms with van der Waals surface area (Å²) in [6.45, 7) is 1.98. The summed E-state index contributed by atoms with van der Waals surface area (Å²) in [5.74, 6) is -0.161. The van der Waals surface area contributed by atoms with E-state index in [2.05, 4.69) is 4.98 Å². The van der Waals surface area contributed by atoms with Gasteiger partial charge in [-0.1, -0.05) is 23.7 Å². The number of benzene rings is 1. The molecule has 0 unspecified atom stereocenters. The van der Waals surface area contributed by atoms with Gasteiger partial charge in [-0.2, -0.15) is 5.26 Å². The molecular formula is C17H16ClN3O. The van der Waals surface area contributed by atoms with Crippen LogP contribution in [0.2, 0.25) is 5.02 Å². The highest BCUT2D eigenvalue weighted by Gasteiger charge is 2.18. The first-order valence-electron chi connectivity index (χ1n) is 6.89. The third-order valence-corrected chi connectivity index (χ3v) is 3.79. The topological polar surface area (TPSA) is 57.0 Å². The molecule has 0 saturated carbocycles. The molecule has 0 aliphatic rings. The number of rotatable bonds is 4. The number of hydrogen-bond donors (Lipinski definition) is 0. The Hall–Kier alpha value is -2.38. The van der Waals surface area contributed by atoms with Crippen molar-refractivity contribution in [1.29, 1.82) is 5.26 Å². The van der Waals surface area contributed by atoms with Crippen molar-refractivity contribution in [3.05, 3.63) is 64.4 Å². The SMILES string of the molecule is C[C@H](Cc1ccc(Cl)cc1)N(C)C(=O)c1ccc(C#N)cn1. The molecule has 112 valence electrons. The van der Waals surface area contributed by atoms with Crippen molar-refractivity contribution in [2.45, 2.75) is 19.4 Å². The fraction of sp³-hybridized carbons (Fsp3) is 0.235. The zero-order valence-corrected chi connectivity index (χ0v) is 13.2. The standard InChI is InChI=1S/C17H16ClN3O/c1-12(9-13-3-6-15(18)7-4-13)21(2)17(22)16-8-5-14(10-19)11-20-16/h3-8,11-12H,9H2,1-2H3/t12-/m1/s1. The first-order chi connectivity index (χ1) is 10.5. The normalized spacial score (nSPS) is 11.5. The number of carbonyl (C=O) groups excluding carboxylic acids is 1. The molecule has 0 aliphatic heterocycles. The van der Waals surface area contributed by atoms with Gasteiger partial charge in [0, 0.05) is 24.3 Å². The summed E-state index contributed by atoms with van der Waals surface area (Å²) in [7, 11) is 1.75. The minimum Gasteiger partial charge on any atom is -0.337 e. The molecule has 1 aromatic carbocycles. The van der Waals surface area contributed by atoms with E-state index in [1.54, 1.807) is 24.1 Å². The molecule has 5 heteroatoms. The van der Waals surface area contributed by atoms with Crippen LogP contribution in [0, 0.1) is 11.3 Å². The maximum atomic E-state index is 12.4. The van der Waals surface area contributed by atoms with Crippen molar-refractivity contribution in [2.24, 2.45) is 0 Å². The van der Waals surface area contributed by atoms with Gasteiger partial charge in [-0.25, -0.2) is 4.98 Å². The van der Waals surface area contributed by atoms with Gasteiger partial charge in [0.2, 0.25) is 0 Å². The summed E-state index contributed by atoms with van der Waals surface area (Å²) in [6.07, 6.45) is 2.14. The molecule has 2 rings (SSSR count). The predicted molar refractivity (Wildman–Crippen MR) is 85.7 cm³/mol. The molecule has 1 heterocycles. The Balaban J connectivity index is 2.05. The third kappa shape index (κ3) is 3.84. The smallest absolute Gasteiger partial charge is 0.272 e. The van der Waals surface area contributed by atoms with E-state index in [-0.39, 0.29) is 11.9 Å². The van der Waals surface area contributed by atoms with Gasteiger partial charge in [-0.15, -0.1) is 0 Å². The predicted octanol–water partition coefficient (Wildman–Crippen LogP) is 3.31. The summed E-state index contributed by atoms with van der Waals surface area (Å²) in [5.41, 5.74) is 1.89. The number of pyridine rings is 1. The molecule has 0 N–H and O–H groups in total. The van der Waals surface area contributed by atoms with Gasteiger partial charge in [0.05, 0.1) is 5.56 Å². The van der Waals surface area contributed by atoms with Crippen molar-refractivity contribution in [2.75, 3.05) is 7.05 Å². The lowest BCUT2D eigenvalue weighted by atomic mass is 10.1. The van der Waals surface area contributed by atoms with Crippen LogP contribution < -0.4 is 0 Å². The van der Waals surface area contributed by atoms with Gasteiger partial charge < -0.3 is 4.90 Å². The van der Waals surface area contributed by atoms with E-state index in [4.69, 9.17) is 16.9 Å². The molecule has 0 aliphatic carbocycles. The molecule has 2 aromatic rings. The second-order valence-corrected chi connectivity index (χ2v) is 5.58. The van der Waals surface area contributed by atoms with E-state index in [1.807, 2.05) is 37.3 Å². The lowest BCUT2D eigenvalue weighted by Crippen LogP contribution is -2.36. The molecule has 0 spiro atoms. The molecule has 0 bridgehead atoms. The Kier molecular flexibility index (Phi) is 5.13. The van der Waals surface area contributed by atoms with Crippen LogP contribution in [-0.2, 0) is 6.42 Å². The number of carbonyl (C=O) groups is 1. The van der Waals surface area contributed by atoms with Crippen LogP contribution >= 0.6 is 11.6 Å². The van der Waals surface area contributed by atoms with Crippen molar-refractivity contribution in [3.63, 3.8) is 0 Å². The highest BCUT2D eigenvalue weighted by atomic mass is 35.5. The monoisotopic (exact) mass is 313 g/mol. The molecule has 1 aromatic heterocycles. The average molecular weight is 314 g/mol. The van der Waals surface area contributed by atoms with E-state index >= 15 is 0 Å². The van der Waals surface area contributed by atoms with E-state index in [1.165, 1.54) is 6.20 Å². The lowest BCUT2D eigenvalue weighted by molar-refractivity contribution is 0.0737. The fourth-order valence-electron chi connectivity index (χ4n) is 2.07. The Morgan fingerprint density at radius 1 is 1.32 bits per heavy atom. The number of halogens is 1. The van der Waals surface area contributed by atoms with Crippen molar-refractivity contribution in [3.8, 4) is 6.07 Å². The largest absolute Gasteiger partial charge is 0.337 e. The number of nitrogens with zero attached hydrogens (tertiary/aromatic N) is 3. The summed E-state index contributed by atoms with van der Waals surface area (Å²) in [4.78, 5) is 18.1. The number of likely N-dealkylation sites (N-methyl/N-ethyl adjacent to an activating group) is 1. The van der Waals surface area contributed by atoms with E-state index in [0.717, 1.165) is 12.0 Å². The molecule has 1 amide bonds. The second-order valence-electron chi connectivity index (χ2n) is 5.14. The van der Waals surface area contributed by atoms with Gasteiger partial charge in [-0.05, 0) is 43.2 Å². The van der Waals surface area contributed by atoms with E-state index in [0.29, 0.717) is 16.3 Å². The minimum absolute atomic E-state index is 0.0196. The Labute approximate surface area is 135 Å². The zero-order chi connectivity index (χ0) is 16.1. The minimum atomic E-state index is -0.161. The summed E-state index contributed by atoms with van der Waals surface area (Å²) in [6, 6.07) is 12.8. The second kappa shape index (κ2) is 7.06. The van der Waals surface area contributed by atoms with Gasteiger partial charge >= 0.3 is 0 Å². The zero-order valence-electron chi connectivity index (χ0n) is 12.5. The average Bonchev–Trinajstić information content (AvgIpc) is 2.55. The van der Waals surface area contributed by atoms with Crippen LogP contribution in [0.3, 0.4) is 0 Å². The lowest BCUT2D eigenvalue weighted by Gasteiger charge is -2.24. The molecule has 0 radical (unpaired) electrons. The fourth-order valence-corrected chi connectivity index (χ4v) is 2.19. The molecule has 0 saturated heterocycles. The molecule has 22 heavy (non-hydrogen) atoms. The van der Waals surface area contributed by atoms with Gasteiger partial charge in [-0.3, -0.25) is 4.79 Å². The summed E-state index contributed by atoms with van der Waals surface area (Å²) >= 11 is 5.87. The Morgan fingerprint density at radius 2 is 2.00 bits per heavy atom. The van der Waals surface area contributed by atoms with E-state index in [9.17, 15) is 4.79 Å². The quantitative estimate of drug-likeness (QED) is 0.870. The molecular weight excluding hydrogens is 298 g/mol. The Bertz CT molecular complexity index is 689. The summed E-state index contributed by atoms with van der Waals surface area (Å²) in [5, 5.41) is 9.45. The molecule has 1 atom stereocenters. The number of aromatic nitrogens is 1. The molecule has 4 nitrogen and oxygen atoms in total. The van der Waals surface area contributed by atoms with Crippen LogP contribution in [0.1, 0.15) is 28.5 Å². The highest BCUT2D eigenvalue weighted by molar-refractivity contribution is 6.30. The summed E-state index contributed by atoms with van der Waals surface area (Å²) < 4.78 is 0. The highest BCUT2D eigenvalue weighted by Crippen LogP contribution is 2.14. The maximum absolute atomic E-state index is 12.4. The van der Waals surface area contributed by atoms with Crippen molar-refractivity contribution >= 4 is 17.5 Å². The maximum Gasteiger partial charge on any atom is 0.272 e. The van der Waals surface area contributed by atoms with Gasteiger partial charge in [0.1, 0.15) is 11.8 Å². The number of hydrogen-bond acceptors (Lipinski definition) is 3. The molecule has 0 fully saturated rings. The van der Waals surface area contributed by atoms with E-state index < -0.39 is 0 Å². The van der Waals surface area contributed by atoms with Gasteiger partial charge in [0.25, 0.3) is 5.91 Å². The first-order valence-corrected chi connectivity index (χ1v) is 7.27. The van der Waals surface area contributed by atoms with Crippen LogP contribution in [0.15, 0.2) is 42.6 Å². The van der Waals surface area contributed by atoms with Crippen molar-refractivity contribution in [1.82, 2.24) is 9.88 Å². The number of amides is 1. The van der Waals surface area contributed by atoms with Crippen LogP contribution in [0.4, 0.5) is 0 Å². The van der Waals surface area contributed by atoms with Crippen LogP contribution in [-0.4, -0.2) is 28.9 Å². The Morgan fingerprint density at radius 3 is 2.55 bits per heavy atom. The van der Waals surface area contributed by atoms with Crippen LogP contribution in [0.25, 0.3) is 0 Å². The van der Waals surface area contributed by atoms with Crippen LogP contribution in [0.5, 0.6) is 0 Å². The van der Waals surface area contributed by atoms with Gasteiger partial charge in [0.15, 0.2) is 0 Å². The van der Waals surface area contributed by atoms with Crippen molar-refractivity contribution < 1.29 is 4.79 Å². The third-order valence-electron chi connectivity index (χ3n) is 3.54. The number of nitriles is 1.